The lowest BCUT2D eigenvalue weighted by Gasteiger charge is -2.18. The lowest BCUT2D eigenvalue weighted by Crippen LogP contribution is -1.91. The lowest BCUT2D eigenvalue weighted by atomic mass is 9.85. The topological polar surface area (TPSA) is 0 Å². The molecule has 0 bridgehead atoms. The van der Waals surface area contributed by atoms with Gasteiger partial charge in [0.2, 0.25) is 0 Å². The van der Waals surface area contributed by atoms with Crippen LogP contribution in [-0.2, 0) is 0 Å². The minimum Gasteiger partial charge on any atom is -0.135 e. The van der Waals surface area contributed by atoms with Crippen molar-refractivity contribution in [2.45, 2.75) is 0 Å². The molecule has 0 aliphatic rings. The van der Waals surface area contributed by atoms with Crippen molar-refractivity contribution in [3.05, 3.63) is 158 Å². The van der Waals surface area contributed by atoms with Crippen LogP contribution in [0.5, 0.6) is 0 Å². The normalized spacial score (nSPS) is 11.9. The van der Waals surface area contributed by atoms with Crippen molar-refractivity contribution in [3.63, 3.8) is 0 Å². The highest BCUT2D eigenvalue weighted by Crippen LogP contribution is 2.45. The molecule has 2 heterocycles. The quantitative estimate of drug-likeness (QED) is 0.173. The summed E-state index contributed by atoms with van der Waals surface area (Å²) in [5.74, 6) is 0. The van der Waals surface area contributed by atoms with E-state index in [0.717, 1.165) is 0 Å². The van der Waals surface area contributed by atoms with Crippen molar-refractivity contribution in [1.82, 2.24) is 0 Å². The van der Waals surface area contributed by atoms with Gasteiger partial charge in [0.25, 0.3) is 0 Å². The third-order valence-electron chi connectivity index (χ3n) is 9.45. The number of hydrogen-bond acceptors (Lipinski definition) is 2. The van der Waals surface area contributed by atoms with Gasteiger partial charge in [0.05, 0.1) is 0 Å². The molecule has 0 amide bonds. The molecule has 0 saturated carbocycles. The first-order valence-corrected chi connectivity index (χ1v) is 17.3. The summed E-state index contributed by atoms with van der Waals surface area (Å²) in [6.07, 6.45) is 0. The Morgan fingerprint density at radius 1 is 0.239 bits per heavy atom. The van der Waals surface area contributed by atoms with Crippen molar-refractivity contribution in [2.75, 3.05) is 0 Å². The zero-order valence-electron chi connectivity index (χ0n) is 24.8. The molecule has 0 fully saturated rings. The molecule has 0 atom stereocenters. The van der Waals surface area contributed by atoms with Crippen LogP contribution >= 0.6 is 22.7 Å². The number of hydrogen-bond donors (Lipinski definition) is 0. The SMILES string of the molecule is c1ccc(-c2c3ccccc3c(-c3cccc(-c4ccc5c(c4)sc4cc6sc7ccccc7c6cc45)c3)c3ccccc23)cc1. The summed E-state index contributed by atoms with van der Waals surface area (Å²) in [4.78, 5) is 0. The van der Waals surface area contributed by atoms with E-state index in [1.165, 1.54) is 95.3 Å². The molecule has 10 rings (SSSR count). The van der Waals surface area contributed by atoms with Crippen LogP contribution in [0.15, 0.2) is 158 Å². The Bertz CT molecular complexity index is 2740. The Balaban J connectivity index is 1.15. The van der Waals surface area contributed by atoms with Gasteiger partial charge in [0, 0.05) is 40.3 Å². The molecule has 0 aliphatic carbocycles. The summed E-state index contributed by atoms with van der Waals surface area (Å²) in [5, 5.41) is 10.5. The van der Waals surface area contributed by atoms with E-state index >= 15 is 0 Å². The molecule has 2 aromatic heterocycles. The van der Waals surface area contributed by atoms with E-state index in [0.29, 0.717) is 0 Å². The molecule has 0 saturated heterocycles. The Morgan fingerprint density at radius 3 is 1.41 bits per heavy atom. The fourth-order valence-electron chi connectivity index (χ4n) is 7.38. The Hall–Kier alpha value is -5.28. The minimum atomic E-state index is 1.24. The molecule has 10 aromatic rings. The molecule has 0 unspecified atom stereocenters. The van der Waals surface area contributed by atoms with Gasteiger partial charge >= 0.3 is 0 Å². The van der Waals surface area contributed by atoms with Gasteiger partial charge in [-0.2, -0.15) is 0 Å². The molecule has 0 nitrogen and oxygen atoms in total. The van der Waals surface area contributed by atoms with Crippen molar-refractivity contribution in [2.24, 2.45) is 0 Å². The highest BCUT2D eigenvalue weighted by Gasteiger charge is 2.17. The van der Waals surface area contributed by atoms with Crippen LogP contribution in [0.3, 0.4) is 0 Å². The molecule has 8 aromatic carbocycles. The first-order valence-electron chi connectivity index (χ1n) is 15.7. The highest BCUT2D eigenvalue weighted by molar-refractivity contribution is 7.28. The fraction of sp³-hybridized carbons (Fsp3) is 0. The molecule has 2 heteroatoms. The fourth-order valence-corrected chi connectivity index (χ4v) is 9.75. The second-order valence-electron chi connectivity index (χ2n) is 12.0. The van der Waals surface area contributed by atoms with Crippen LogP contribution in [0, 0.1) is 0 Å². The summed E-state index contributed by atoms with van der Waals surface area (Å²) in [6.45, 7) is 0. The van der Waals surface area contributed by atoms with Crippen LogP contribution in [0.1, 0.15) is 0 Å². The van der Waals surface area contributed by atoms with E-state index in [2.05, 4.69) is 158 Å². The van der Waals surface area contributed by atoms with Gasteiger partial charge in [-0.3, -0.25) is 0 Å². The van der Waals surface area contributed by atoms with Gasteiger partial charge in [0.1, 0.15) is 0 Å². The zero-order chi connectivity index (χ0) is 30.2. The predicted molar refractivity (Wildman–Crippen MR) is 204 cm³/mol. The van der Waals surface area contributed by atoms with E-state index in [-0.39, 0.29) is 0 Å². The number of benzene rings is 8. The maximum Gasteiger partial charge on any atom is 0.0369 e. The number of rotatable bonds is 3. The van der Waals surface area contributed by atoms with Gasteiger partial charge in [0.15, 0.2) is 0 Å². The third-order valence-corrected chi connectivity index (χ3v) is 11.7. The Labute approximate surface area is 274 Å². The van der Waals surface area contributed by atoms with Crippen LogP contribution in [0.4, 0.5) is 0 Å². The maximum absolute atomic E-state index is 2.41. The molecular weight excluding hydrogens is 593 g/mol. The van der Waals surface area contributed by atoms with Crippen molar-refractivity contribution in [3.8, 4) is 33.4 Å². The van der Waals surface area contributed by atoms with Gasteiger partial charge < -0.3 is 0 Å². The second kappa shape index (κ2) is 10.1. The molecule has 0 N–H and O–H groups in total. The predicted octanol–water partition coefficient (Wildman–Crippen LogP) is 13.7. The van der Waals surface area contributed by atoms with E-state index < -0.39 is 0 Å². The summed E-state index contributed by atoms with van der Waals surface area (Å²) >= 11 is 3.80. The monoisotopic (exact) mass is 618 g/mol. The molecule has 0 spiro atoms. The van der Waals surface area contributed by atoms with Gasteiger partial charge in [-0.15, -0.1) is 22.7 Å². The van der Waals surface area contributed by atoms with Crippen LogP contribution in [-0.4, -0.2) is 0 Å². The van der Waals surface area contributed by atoms with E-state index in [1.807, 2.05) is 22.7 Å². The van der Waals surface area contributed by atoms with Crippen LogP contribution < -0.4 is 0 Å². The summed E-state index contributed by atoms with van der Waals surface area (Å²) in [7, 11) is 0. The van der Waals surface area contributed by atoms with Crippen molar-refractivity contribution >= 4 is 84.6 Å². The average molecular weight is 619 g/mol. The number of fused-ring (bicyclic) bond motifs is 8. The van der Waals surface area contributed by atoms with Gasteiger partial charge in [-0.05, 0) is 85.3 Å². The molecule has 214 valence electrons. The molecule has 0 aliphatic heterocycles. The third kappa shape index (κ3) is 3.91. The maximum atomic E-state index is 2.41. The smallest absolute Gasteiger partial charge is 0.0369 e. The second-order valence-corrected chi connectivity index (χ2v) is 14.2. The molecular formula is C44H26S2. The minimum absolute atomic E-state index is 1.24. The largest absolute Gasteiger partial charge is 0.135 e. The highest BCUT2D eigenvalue weighted by atomic mass is 32.1. The van der Waals surface area contributed by atoms with E-state index in [1.54, 1.807) is 0 Å². The first-order chi connectivity index (χ1) is 22.8. The van der Waals surface area contributed by atoms with Gasteiger partial charge in [-0.25, -0.2) is 0 Å². The zero-order valence-corrected chi connectivity index (χ0v) is 26.5. The number of thiophene rings is 2. The first kappa shape index (κ1) is 26.0. The average Bonchev–Trinajstić information content (AvgIpc) is 3.66. The summed E-state index contributed by atoms with van der Waals surface area (Å²) < 4.78 is 5.42. The lowest BCUT2D eigenvalue weighted by molar-refractivity contribution is 1.63. The molecule has 46 heavy (non-hydrogen) atoms. The summed E-state index contributed by atoms with van der Waals surface area (Å²) in [5.41, 5.74) is 7.58. The van der Waals surface area contributed by atoms with Crippen LogP contribution in [0.25, 0.3) is 95.3 Å². The van der Waals surface area contributed by atoms with Crippen molar-refractivity contribution in [1.29, 1.82) is 0 Å². The van der Waals surface area contributed by atoms with E-state index in [9.17, 15) is 0 Å². The van der Waals surface area contributed by atoms with Crippen molar-refractivity contribution < 1.29 is 0 Å². The summed E-state index contributed by atoms with van der Waals surface area (Å²) in [6, 6.07) is 58.3. The van der Waals surface area contributed by atoms with Crippen LogP contribution in [0.2, 0.25) is 0 Å². The van der Waals surface area contributed by atoms with E-state index in [4.69, 9.17) is 0 Å². The van der Waals surface area contributed by atoms with Gasteiger partial charge in [-0.1, -0.05) is 127 Å². The molecule has 0 radical (unpaired) electrons. The Morgan fingerprint density at radius 2 is 0.717 bits per heavy atom. The Kier molecular flexibility index (Phi) is 5.72. The standard InChI is InChI=1S/C44H26S2/c1-2-11-27(12-3-1)43-33-16-4-6-18-35(33)44(36-19-7-5-17-34(36)43)30-14-10-13-28(23-30)29-21-22-32-38-25-37-31-15-8-9-20-39(31)45-41(37)26-42(38)46-40(32)24-29/h1-26H.